The maximum atomic E-state index is 12.6. The van der Waals surface area contributed by atoms with Gasteiger partial charge in [0.05, 0.1) is 5.75 Å². The van der Waals surface area contributed by atoms with Gasteiger partial charge in [0.15, 0.2) is 5.16 Å². The van der Waals surface area contributed by atoms with E-state index in [-0.39, 0.29) is 5.91 Å². The number of thioether (sulfide) groups is 1. The van der Waals surface area contributed by atoms with Gasteiger partial charge in [0.25, 0.3) is 0 Å². The summed E-state index contributed by atoms with van der Waals surface area (Å²) in [6.45, 7) is 7.10. The Bertz CT molecular complexity index is 736. The zero-order valence-corrected chi connectivity index (χ0v) is 18.0. The Morgan fingerprint density at radius 1 is 1.04 bits per heavy atom. The summed E-state index contributed by atoms with van der Waals surface area (Å²) in [7, 11) is 0. The number of carbonyl (C=O) groups excluding carboxylic acids is 1. The zero-order chi connectivity index (χ0) is 19.8. The zero-order valence-electron chi connectivity index (χ0n) is 17.1. The van der Waals surface area contributed by atoms with E-state index in [1.807, 2.05) is 11.0 Å². The van der Waals surface area contributed by atoms with Crippen LogP contribution in [0.5, 0.6) is 0 Å². The summed E-state index contributed by atoms with van der Waals surface area (Å²) in [4.78, 5) is 14.7. The molecule has 1 aromatic heterocycles. The molecule has 0 spiro atoms. The SMILES string of the molecule is CC(C)Cn1c(CCc2ccccc2)nnc1SCC(=O)N1CCCCCC1. The van der Waals surface area contributed by atoms with Crippen molar-refractivity contribution in [1.82, 2.24) is 19.7 Å². The van der Waals surface area contributed by atoms with Gasteiger partial charge in [-0.1, -0.05) is 68.8 Å². The van der Waals surface area contributed by atoms with Gasteiger partial charge in [0.2, 0.25) is 5.91 Å². The molecular weight excluding hydrogens is 368 g/mol. The molecular formula is C22H32N4OS. The monoisotopic (exact) mass is 400 g/mol. The van der Waals surface area contributed by atoms with E-state index in [0.29, 0.717) is 11.7 Å². The van der Waals surface area contributed by atoms with Crippen molar-refractivity contribution in [3.63, 3.8) is 0 Å². The van der Waals surface area contributed by atoms with E-state index in [1.165, 1.54) is 30.2 Å². The number of amides is 1. The van der Waals surface area contributed by atoms with E-state index in [1.54, 1.807) is 0 Å². The topological polar surface area (TPSA) is 51.0 Å². The summed E-state index contributed by atoms with van der Waals surface area (Å²) in [6, 6.07) is 10.5. The molecule has 28 heavy (non-hydrogen) atoms. The molecule has 0 aliphatic carbocycles. The molecule has 5 nitrogen and oxygen atoms in total. The highest BCUT2D eigenvalue weighted by molar-refractivity contribution is 7.99. The van der Waals surface area contributed by atoms with Crippen molar-refractivity contribution in [2.24, 2.45) is 5.92 Å². The van der Waals surface area contributed by atoms with Crippen LogP contribution in [0.2, 0.25) is 0 Å². The molecule has 1 amide bonds. The second-order valence-electron chi connectivity index (χ2n) is 7.97. The second-order valence-corrected chi connectivity index (χ2v) is 8.92. The fourth-order valence-electron chi connectivity index (χ4n) is 3.60. The smallest absolute Gasteiger partial charge is 0.233 e. The van der Waals surface area contributed by atoms with Crippen LogP contribution in [0.1, 0.15) is 50.9 Å². The summed E-state index contributed by atoms with van der Waals surface area (Å²) in [5, 5.41) is 9.75. The lowest BCUT2D eigenvalue weighted by Gasteiger charge is -2.20. The Morgan fingerprint density at radius 3 is 2.43 bits per heavy atom. The minimum atomic E-state index is 0.233. The molecule has 152 valence electrons. The van der Waals surface area contributed by atoms with Crippen molar-refractivity contribution < 1.29 is 4.79 Å². The number of rotatable bonds is 8. The number of likely N-dealkylation sites (tertiary alicyclic amines) is 1. The highest BCUT2D eigenvalue weighted by Crippen LogP contribution is 2.21. The van der Waals surface area contributed by atoms with Crippen LogP contribution >= 0.6 is 11.8 Å². The first-order valence-electron chi connectivity index (χ1n) is 10.5. The molecule has 1 aliphatic rings. The lowest BCUT2D eigenvalue weighted by molar-refractivity contribution is -0.128. The van der Waals surface area contributed by atoms with E-state index in [0.717, 1.165) is 56.3 Å². The summed E-state index contributed by atoms with van der Waals surface area (Å²) in [5.74, 6) is 2.21. The third kappa shape index (κ3) is 6.09. The van der Waals surface area contributed by atoms with Crippen LogP contribution in [0, 0.1) is 5.92 Å². The highest BCUT2D eigenvalue weighted by atomic mass is 32.2. The molecule has 6 heteroatoms. The molecule has 3 rings (SSSR count). The van der Waals surface area contributed by atoms with Gasteiger partial charge in [0.1, 0.15) is 5.82 Å². The van der Waals surface area contributed by atoms with Crippen molar-refractivity contribution in [1.29, 1.82) is 0 Å². The summed E-state index contributed by atoms with van der Waals surface area (Å²) in [6.07, 6.45) is 6.56. The van der Waals surface area contributed by atoms with E-state index in [2.05, 4.69) is 52.9 Å². The first-order chi connectivity index (χ1) is 13.6. The lowest BCUT2D eigenvalue weighted by atomic mass is 10.1. The van der Waals surface area contributed by atoms with Crippen LogP contribution < -0.4 is 0 Å². The summed E-state index contributed by atoms with van der Waals surface area (Å²) >= 11 is 1.54. The van der Waals surface area contributed by atoms with Crippen LogP contribution in [-0.4, -0.2) is 44.4 Å². The number of hydrogen-bond donors (Lipinski definition) is 0. The third-order valence-corrected chi connectivity index (χ3v) is 6.06. The average Bonchev–Trinajstić information content (AvgIpc) is 2.89. The number of nitrogens with zero attached hydrogens (tertiary/aromatic N) is 4. The van der Waals surface area contributed by atoms with Gasteiger partial charge in [-0.2, -0.15) is 0 Å². The van der Waals surface area contributed by atoms with Crippen molar-refractivity contribution in [2.45, 2.75) is 64.1 Å². The minimum absolute atomic E-state index is 0.233. The Morgan fingerprint density at radius 2 is 1.75 bits per heavy atom. The third-order valence-electron chi connectivity index (χ3n) is 5.10. The number of benzene rings is 1. The van der Waals surface area contributed by atoms with E-state index < -0.39 is 0 Å². The van der Waals surface area contributed by atoms with Crippen LogP contribution in [-0.2, 0) is 24.2 Å². The summed E-state index contributed by atoms with van der Waals surface area (Å²) in [5.41, 5.74) is 1.31. The molecule has 2 heterocycles. The number of carbonyl (C=O) groups is 1. The Balaban J connectivity index is 1.62. The van der Waals surface area contributed by atoms with E-state index >= 15 is 0 Å². The molecule has 1 aromatic carbocycles. The molecule has 2 aromatic rings. The molecule has 1 saturated heterocycles. The molecule has 0 atom stereocenters. The standard InChI is InChI=1S/C22H32N4OS/c1-18(2)16-26-20(13-12-19-10-6-5-7-11-19)23-24-22(26)28-17-21(27)25-14-8-3-4-9-15-25/h5-7,10-11,18H,3-4,8-9,12-17H2,1-2H3. The fraction of sp³-hybridized carbons (Fsp3) is 0.591. The Kier molecular flexibility index (Phi) is 7.95. The van der Waals surface area contributed by atoms with Gasteiger partial charge in [-0.3, -0.25) is 4.79 Å². The van der Waals surface area contributed by atoms with E-state index in [4.69, 9.17) is 0 Å². The summed E-state index contributed by atoms with van der Waals surface area (Å²) < 4.78 is 2.22. The van der Waals surface area contributed by atoms with Gasteiger partial charge in [-0.25, -0.2) is 0 Å². The second kappa shape index (κ2) is 10.6. The quantitative estimate of drug-likeness (QED) is 0.623. The number of aryl methyl sites for hydroxylation is 2. The molecule has 0 saturated carbocycles. The van der Waals surface area contributed by atoms with Crippen LogP contribution in [0.15, 0.2) is 35.5 Å². The van der Waals surface area contributed by atoms with Crippen molar-refractivity contribution >= 4 is 17.7 Å². The normalized spacial score (nSPS) is 15.0. The predicted molar refractivity (Wildman–Crippen MR) is 114 cm³/mol. The van der Waals surface area contributed by atoms with Crippen molar-refractivity contribution in [3.8, 4) is 0 Å². The van der Waals surface area contributed by atoms with E-state index in [9.17, 15) is 4.79 Å². The maximum Gasteiger partial charge on any atom is 0.233 e. The van der Waals surface area contributed by atoms with Crippen LogP contribution in [0.3, 0.4) is 0 Å². The first kappa shape index (κ1) is 20.9. The average molecular weight is 401 g/mol. The van der Waals surface area contributed by atoms with Crippen LogP contribution in [0.25, 0.3) is 0 Å². The van der Waals surface area contributed by atoms with Crippen molar-refractivity contribution in [2.75, 3.05) is 18.8 Å². The fourth-order valence-corrected chi connectivity index (χ4v) is 4.47. The highest BCUT2D eigenvalue weighted by Gasteiger charge is 2.19. The largest absolute Gasteiger partial charge is 0.342 e. The van der Waals surface area contributed by atoms with Gasteiger partial charge in [-0.15, -0.1) is 10.2 Å². The van der Waals surface area contributed by atoms with Gasteiger partial charge < -0.3 is 9.47 Å². The molecule has 0 radical (unpaired) electrons. The van der Waals surface area contributed by atoms with Gasteiger partial charge in [0, 0.05) is 26.1 Å². The van der Waals surface area contributed by atoms with Gasteiger partial charge >= 0.3 is 0 Å². The molecule has 0 bridgehead atoms. The Hall–Kier alpha value is -1.82. The minimum Gasteiger partial charge on any atom is -0.342 e. The number of hydrogen-bond acceptors (Lipinski definition) is 4. The first-order valence-corrected chi connectivity index (χ1v) is 11.5. The lowest BCUT2D eigenvalue weighted by Crippen LogP contribution is -2.33. The Labute approximate surface area is 172 Å². The van der Waals surface area contributed by atoms with Crippen molar-refractivity contribution in [3.05, 3.63) is 41.7 Å². The molecule has 1 aliphatic heterocycles. The van der Waals surface area contributed by atoms with Gasteiger partial charge in [-0.05, 0) is 30.7 Å². The van der Waals surface area contributed by atoms with Crippen LogP contribution in [0.4, 0.5) is 0 Å². The molecule has 0 N–H and O–H groups in total. The maximum absolute atomic E-state index is 12.6. The predicted octanol–water partition coefficient (Wildman–Crippen LogP) is 4.21. The molecule has 1 fully saturated rings. The molecule has 0 unspecified atom stereocenters. The number of aromatic nitrogens is 3.